The zero-order chi connectivity index (χ0) is 17.0. The zero-order valence-electron chi connectivity index (χ0n) is 12.1. The van der Waals surface area contributed by atoms with Gasteiger partial charge in [0.15, 0.2) is 3.77 Å². The van der Waals surface area contributed by atoms with Crippen molar-refractivity contribution in [3.63, 3.8) is 0 Å². The van der Waals surface area contributed by atoms with Crippen molar-refractivity contribution in [2.24, 2.45) is 0 Å². The minimum absolute atomic E-state index is 0.219. The standard InChI is InChI=1S/C16H13F3INO2/c1-21(15(22)9-7-13-6-8-14(20)23-13)10-11-2-4-12(5-3-11)16(17,18)19/h2-9H,10H2,1H3/b9-7+. The fourth-order valence-corrected chi connectivity index (χ4v) is 2.28. The van der Waals surface area contributed by atoms with E-state index in [0.29, 0.717) is 15.1 Å². The number of nitrogens with zero attached hydrogens (tertiary/aromatic N) is 1. The maximum Gasteiger partial charge on any atom is 0.416 e. The van der Waals surface area contributed by atoms with Gasteiger partial charge in [-0.15, -0.1) is 0 Å². The number of hydrogen-bond acceptors (Lipinski definition) is 2. The van der Waals surface area contributed by atoms with Crippen molar-refractivity contribution >= 4 is 34.6 Å². The first-order valence-corrected chi connectivity index (χ1v) is 7.68. The molecule has 1 amide bonds. The van der Waals surface area contributed by atoms with E-state index in [9.17, 15) is 18.0 Å². The van der Waals surface area contributed by atoms with Gasteiger partial charge < -0.3 is 9.32 Å². The van der Waals surface area contributed by atoms with Gasteiger partial charge in [0, 0.05) is 19.7 Å². The molecule has 0 saturated carbocycles. The number of halogens is 4. The van der Waals surface area contributed by atoms with Gasteiger partial charge in [-0.3, -0.25) is 4.79 Å². The lowest BCUT2D eigenvalue weighted by molar-refractivity contribution is -0.137. The molecular weight excluding hydrogens is 422 g/mol. The third-order valence-corrected chi connectivity index (χ3v) is 3.64. The molecule has 7 heteroatoms. The fourth-order valence-electron chi connectivity index (χ4n) is 1.85. The van der Waals surface area contributed by atoms with Gasteiger partial charge >= 0.3 is 6.18 Å². The van der Waals surface area contributed by atoms with Crippen LogP contribution in [-0.4, -0.2) is 17.9 Å². The summed E-state index contributed by atoms with van der Waals surface area (Å²) in [5, 5.41) is 0. The Morgan fingerprint density at radius 1 is 1.22 bits per heavy atom. The van der Waals surface area contributed by atoms with Gasteiger partial charge in [0.2, 0.25) is 5.91 Å². The second-order valence-corrected chi connectivity index (χ2v) is 5.93. The summed E-state index contributed by atoms with van der Waals surface area (Å²) in [6.45, 7) is 0.219. The topological polar surface area (TPSA) is 33.5 Å². The molecule has 0 N–H and O–H groups in total. The summed E-state index contributed by atoms with van der Waals surface area (Å²) in [5.41, 5.74) is -0.0858. The average molecular weight is 435 g/mol. The Morgan fingerprint density at radius 2 is 1.87 bits per heavy atom. The summed E-state index contributed by atoms with van der Waals surface area (Å²) in [5.74, 6) is 0.294. The molecule has 0 spiro atoms. The van der Waals surface area contributed by atoms with E-state index in [1.807, 2.05) is 22.6 Å². The van der Waals surface area contributed by atoms with Crippen LogP contribution in [0.25, 0.3) is 6.08 Å². The van der Waals surface area contributed by atoms with E-state index in [0.717, 1.165) is 12.1 Å². The molecule has 0 radical (unpaired) electrons. The Hall–Kier alpha value is -1.77. The lowest BCUT2D eigenvalue weighted by Crippen LogP contribution is -2.24. The highest BCUT2D eigenvalue weighted by Gasteiger charge is 2.29. The number of rotatable bonds is 4. The number of carbonyl (C=O) groups is 1. The predicted molar refractivity (Wildman–Crippen MR) is 88.4 cm³/mol. The molecule has 0 saturated heterocycles. The van der Waals surface area contributed by atoms with Crippen molar-refractivity contribution < 1.29 is 22.4 Å². The van der Waals surface area contributed by atoms with Crippen molar-refractivity contribution in [3.05, 3.63) is 63.1 Å². The van der Waals surface area contributed by atoms with Gasteiger partial charge in [-0.1, -0.05) is 12.1 Å². The molecular formula is C16H13F3INO2. The molecule has 0 atom stereocenters. The number of likely N-dealkylation sites (N-methyl/N-ethyl adjacent to an activating group) is 1. The van der Waals surface area contributed by atoms with Crippen molar-refractivity contribution in [1.29, 1.82) is 0 Å². The van der Waals surface area contributed by atoms with Crippen LogP contribution in [0.3, 0.4) is 0 Å². The smallest absolute Gasteiger partial charge is 0.416 e. The summed E-state index contributed by atoms with van der Waals surface area (Å²) >= 11 is 2.02. The molecule has 0 unspecified atom stereocenters. The third kappa shape index (κ3) is 5.12. The van der Waals surface area contributed by atoms with Crippen LogP contribution in [0.4, 0.5) is 13.2 Å². The maximum atomic E-state index is 12.5. The van der Waals surface area contributed by atoms with E-state index in [1.165, 1.54) is 23.1 Å². The number of amides is 1. The van der Waals surface area contributed by atoms with Crippen LogP contribution in [0, 0.1) is 3.77 Å². The van der Waals surface area contributed by atoms with Gasteiger partial charge in [-0.2, -0.15) is 13.2 Å². The van der Waals surface area contributed by atoms with Crippen LogP contribution < -0.4 is 0 Å². The van der Waals surface area contributed by atoms with Crippen molar-refractivity contribution in [2.45, 2.75) is 12.7 Å². The minimum Gasteiger partial charge on any atom is -0.451 e. The summed E-state index contributed by atoms with van der Waals surface area (Å²) in [4.78, 5) is 13.4. The van der Waals surface area contributed by atoms with Crippen LogP contribution in [0.1, 0.15) is 16.9 Å². The van der Waals surface area contributed by atoms with Crippen LogP contribution in [-0.2, 0) is 17.5 Å². The van der Waals surface area contributed by atoms with Gasteiger partial charge in [-0.25, -0.2) is 0 Å². The largest absolute Gasteiger partial charge is 0.451 e. The summed E-state index contributed by atoms with van der Waals surface area (Å²) in [6, 6.07) is 8.26. The van der Waals surface area contributed by atoms with Crippen LogP contribution in [0.5, 0.6) is 0 Å². The first-order valence-electron chi connectivity index (χ1n) is 6.60. The van der Waals surface area contributed by atoms with Gasteiger partial charge in [0.25, 0.3) is 0 Å². The molecule has 2 aromatic rings. The normalized spacial score (nSPS) is 11.9. The average Bonchev–Trinajstić information content (AvgIpc) is 2.90. The highest BCUT2D eigenvalue weighted by molar-refractivity contribution is 14.1. The molecule has 0 aliphatic rings. The van der Waals surface area contributed by atoms with E-state index in [1.54, 1.807) is 25.3 Å². The monoisotopic (exact) mass is 435 g/mol. The fraction of sp³-hybridized carbons (Fsp3) is 0.188. The molecule has 2 rings (SSSR count). The van der Waals surface area contributed by atoms with Gasteiger partial charge in [0.1, 0.15) is 5.76 Å². The first kappa shape index (κ1) is 17.6. The van der Waals surface area contributed by atoms with Crippen molar-refractivity contribution in [3.8, 4) is 0 Å². The third-order valence-electron chi connectivity index (χ3n) is 3.06. The van der Waals surface area contributed by atoms with Crippen LogP contribution in [0.2, 0.25) is 0 Å². The first-order chi connectivity index (χ1) is 10.8. The molecule has 1 aromatic carbocycles. The number of alkyl halides is 3. The zero-order valence-corrected chi connectivity index (χ0v) is 14.3. The number of benzene rings is 1. The Kier molecular flexibility index (Phi) is 5.51. The molecule has 0 bridgehead atoms. The van der Waals surface area contributed by atoms with E-state index >= 15 is 0 Å². The minimum atomic E-state index is -4.36. The number of furan rings is 1. The SMILES string of the molecule is CN(Cc1ccc(C(F)(F)F)cc1)C(=O)/C=C/c1ccc(I)o1. The maximum absolute atomic E-state index is 12.5. The van der Waals surface area contributed by atoms with Crippen molar-refractivity contribution in [2.75, 3.05) is 7.05 Å². The Balaban J connectivity index is 1.96. The summed E-state index contributed by atoms with van der Waals surface area (Å²) in [7, 11) is 1.58. The molecule has 0 aliphatic carbocycles. The molecule has 3 nitrogen and oxygen atoms in total. The molecule has 0 fully saturated rings. The Labute approximate surface area is 144 Å². The second kappa shape index (κ2) is 7.20. The van der Waals surface area contributed by atoms with Gasteiger partial charge in [-0.05, 0) is 58.5 Å². The van der Waals surface area contributed by atoms with Crippen molar-refractivity contribution in [1.82, 2.24) is 4.90 Å². The van der Waals surface area contributed by atoms with E-state index in [4.69, 9.17) is 4.42 Å². The van der Waals surface area contributed by atoms with E-state index in [-0.39, 0.29) is 12.5 Å². The van der Waals surface area contributed by atoms with E-state index in [2.05, 4.69) is 0 Å². The van der Waals surface area contributed by atoms with Gasteiger partial charge in [0.05, 0.1) is 5.56 Å². The van der Waals surface area contributed by atoms with Crippen LogP contribution >= 0.6 is 22.6 Å². The molecule has 0 aliphatic heterocycles. The summed E-state index contributed by atoms with van der Waals surface area (Å²) in [6.07, 6.45) is -1.45. The molecule has 23 heavy (non-hydrogen) atoms. The molecule has 1 heterocycles. The quantitative estimate of drug-likeness (QED) is 0.521. The number of hydrogen-bond donors (Lipinski definition) is 0. The van der Waals surface area contributed by atoms with Crippen LogP contribution in [0.15, 0.2) is 46.9 Å². The van der Waals surface area contributed by atoms with E-state index < -0.39 is 11.7 Å². The Morgan fingerprint density at radius 3 is 2.39 bits per heavy atom. The predicted octanol–water partition coefficient (Wildman–Crippen LogP) is 4.57. The number of carbonyl (C=O) groups excluding carboxylic acids is 1. The molecule has 122 valence electrons. The summed E-state index contributed by atoms with van der Waals surface area (Å²) < 4.78 is 43.5. The Bertz CT molecular complexity index is 705. The molecule has 1 aromatic heterocycles. The highest BCUT2D eigenvalue weighted by atomic mass is 127. The second-order valence-electron chi connectivity index (χ2n) is 4.86. The highest BCUT2D eigenvalue weighted by Crippen LogP contribution is 2.29. The lowest BCUT2D eigenvalue weighted by Gasteiger charge is -2.15. The lowest BCUT2D eigenvalue weighted by atomic mass is 10.1.